The van der Waals surface area contributed by atoms with E-state index in [4.69, 9.17) is 5.73 Å². The molecule has 0 aliphatic rings. The van der Waals surface area contributed by atoms with Crippen molar-refractivity contribution in [2.75, 3.05) is 23.0 Å². The van der Waals surface area contributed by atoms with E-state index < -0.39 is 38.8 Å². The highest BCUT2D eigenvalue weighted by Crippen LogP contribution is 2.22. The largest absolute Gasteiger partial charge is 0.365 e. The van der Waals surface area contributed by atoms with Gasteiger partial charge in [-0.15, -0.1) is 0 Å². The van der Waals surface area contributed by atoms with E-state index >= 15 is 0 Å². The van der Waals surface area contributed by atoms with E-state index in [1.165, 1.54) is 0 Å². The quantitative estimate of drug-likeness (QED) is 0.860. The molecule has 0 radical (unpaired) electrons. The Bertz CT molecular complexity index is 592. The Balaban J connectivity index is 0.00000122. The fraction of sp³-hybridized carbons (Fsp3) is 0.417. The zero-order valence-electron chi connectivity index (χ0n) is 11.9. The Labute approximate surface area is 127 Å². The molecule has 5 nitrogen and oxygen atoms in total. The highest BCUT2D eigenvalue weighted by Gasteiger charge is 2.20. The molecule has 1 aromatic carbocycles. The minimum atomic E-state index is -3.73. The van der Waals surface area contributed by atoms with Crippen molar-refractivity contribution < 1.29 is 22.0 Å². The first-order valence-corrected chi connectivity index (χ1v) is 9.17. The summed E-state index contributed by atoms with van der Waals surface area (Å²) >= 11 is 1.75. The van der Waals surface area contributed by atoms with Crippen molar-refractivity contribution in [2.24, 2.45) is 5.73 Å². The summed E-state index contributed by atoms with van der Waals surface area (Å²) in [7, 11) is -3.73. The highest BCUT2D eigenvalue weighted by molar-refractivity contribution is 7.97. The Morgan fingerprint density at radius 1 is 1.33 bits per heavy atom. The van der Waals surface area contributed by atoms with E-state index in [0.717, 1.165) is 12.1 Å². The lowest BCUT2D eigenvalue weighted by atomic mass is 10.1. The number of hydrogen-bond donors (Lipinski definition) is 2. The molecule has 0 saturated heterocycles. The number of hydrogen-bond acceptors (Lipinski definition) is 4. The highest BCUT2D eigenvalue weighted by atomic mass is 32.2. The normalized spacial score (nSPS) is 10.5. The molecule has 21 heavy (non-hydrogen) atoms. The monoisotopic (exact) mass is 340 g/mol. The fourth-order valence-electron chi connectivity index (χ4n) is 1.34. The van der Waals surface area contributed by atoms with Crippen LogP contribution >= 0.6 is 11.8 Å². The fourth-order valence-corrected chi connectivity index (χ4v) is 2.48. The summed E-state index contributed by atoms with van der Waals surface area (Å²) in [6.07, 6.45) is 4.42. The molecule has 0 fully saturated rings. The van der Waals surface area contributed by atoms with Crippen LogP contribution in [0, 0.1) is 11.6 Å². The van der Waals surface area contributed by atoms with E-state index in [1.807, 2.05) is 17.2 Å². The minimum Gasteiger partial charge on any atom is -0.365 e. The van der Waals surface area contributed by atoms with Gasteiger partial charge in [-0.3, -0.25) is 9.52 Å². The van der Waals surface area contributed by atoms with Crippen molar-refractivity contribution in [1.82, 2.24) is 0 Å². The molecular weight excluding hydrogens is 322 g/mol. The predicted molar refractivity (Wildman–Crippen MR) is 82.0 cm³/mol. The summed E-state index contributed by atoms with van der Waals surface area (Å²) in [5.74, 6) is -3.97. The van der Waals surface area contributed by atoms with Crippen LogP contribution in [0.25, 0.3) is 0 Å². The van der Waals surface area contributed by atoms with Crippen molar-refractivity contribution in [1.29, 1.82) is 0 Å². The van der Waals surface area contributed by atoms with Crippen molar-refractivity contribution >= 4 is 33.4 Å². The average molecular weight is 340 g/mol. The predicted octanol–water partition coefficient (Wildman–Crippen LogP) is 2.19. The van der Waals surface area contributed by atoms with E-state index in [1.54, 1.807) is 18.7 Å². The number of thioether (sulfide) groups is 1. The molecule has 0 saturated carbocycles. The number of halogens is 2. The Hall–Kier alpha value is -1.35. The van der Waals surface area contributed by atoms with Gasteiger partial charge >= 0.3 is 0 Å². The maximum Gasteiger partial charge on any atom is 0.254 e. The molecule has 1 rings (SSSR count). The summed E-state index contributed by atoms with van der Waals surface area (Å²) in [4.78, 5) is 10.9. The standard InChI is InChI=1S/C10H12F2N2O3S.C2H6S/c1-2-5-18(16,17)14-7-4-3-6(11)8(9(7)12)10(13)15;1-3-2/h3-4,14H,2,5H2,1H3,(H2,13,15);1-2H3. The number of anilines is 1. The number of rotatable bonds is 5. The summed E-state index contributed by atoms with van der Waals surface area (Å²) in [5, 5.41) is 0. The van der Waals surface area contributed by atoms with Crippen LogP contribution in [0.5, 0.6) is 0 Å². The van der Waals surface area contributed by atoms with Gasteiger partial charge in [-0.2, -0.15) is 11.8 Å². The van der Waals surface area contributed by atoms with Gasteiger partial charge in [-0.05, 0) is 31.1 Å². The maximum atomic E-state index is 13.7. The molecule has 0 bridgehead atoms. The van der Waals surface area contributed by atoms with Crippen molar-refractivity contribution in [2.45, 2.75) is 13.3 Å². The first kappa shape index (κ1) is 19.7. The van der Waals surface area contributed by atoms with Crippen LogP contribution in [0.15, 0.2) is 12.1 Å². The summed E-state index contributed by atoms with van der Waals surface area (Å²) < 4.78 is 51.6. The van der Waals surface area contributed by atoms with Crippen molar-refractivity contribution in [3.8, 4) is 0 Å². The van der Waals surface area contributed by atoms with Gasteiger partial charge in [0.15, 0.2) is 5.82 Å². The molecule has 0 heterocycles. The van der Waals surface area contributed by atoms with Crippen LogP contribution in [-0.4, -0.2) is 32.6 Å². The third kappa shape index (κ3) is 6.30. The van der Waals surface area contributed by atoms with Gasteiger partial charge in [0.25, 0.3) is 5.91 Å². The number of nitrogens with one attached hydrogen (secondary N) is 1. The summed E-state index contributed by atoms with van der Waals surface area (Å²) in [5.41, 5.74) is 3.34. The molecular formula is C12H18F2N2O3S2. The zero-order chi connectivity index (χ0) is 16.6. The molecule has 1 amide bonds. The van der Waals surface area contributed by atoms with Gasteiger partial charge in [-0.1, -0.05) is 6.92 Å². The zero-order valence-corrected chi connectivity index (χ0v) is 13.6. The lowest BCUT2D eigenvalue weighted by Gasteiger charge is -2.10. The molecule has 9 heteroatoms. The topological polar surface area (TPSA) is 89.3 Å². The lowest BCUT2D eigenvalue weighted by Crippen LogP contribution is -2.20. The van der Waals surface area contributed by atoms with Crippen LogP contribution in [0.2, 0.25) is 0 Å². The number of benzene rings is 1. The van der Waals surface area contributed by atoms with Crippen LogP contribution in [0.3, 0.4) is 0 Å². The smallest absolute Gasteiger partial charge is 0.254 e. The van der Waals surface area contributed by atoms with Gasteiger partial charge in [0.05, 0.1) is 11.4 Å². The van der Waals surface area contributed by atoms with Crippen LogP contribution < -0.4 is 10.5 Å². The molecule has 0 aliphatic carbocycles. The molecule has 1 aromatic rings. The van der Waals surface area contributed by atoms with E-state index in [0.29, 0.717) is 6.42 Å². The first-order chi connectivity index (χ1) is 9.70. The van der Waals surface area contributed by atoms with E-state index in [2.05, 4.69) is 0 Å². The Kier molecular flexibility index (Phi) is 8.26. The Morgan fingerprint density at radius 2 is 1.86 bits per heavy atom. The van der Waals surface area contributed by atoms with Crippen LogP contribution in [0.4, 0.5) is 14.5 Å². The molecule has 0 unspecified atom stereocenters. The van der Waals surface area contributed by atoms with E-state index in [9.17, 15) is 22.0 Å². The van der Waals surface area contributed by atoms with Crippen molar-refractivity contribution in [3.05, 3.63) is 29.3 Å². The SMILES string of the molecule is CCCS(=O)(=O)Nc1ccc(F)c(C(N)=O)c1F.CSC. The van der Waals surface area contributed by atoms with Gasteiger partial charge in [-0.25, -0.2) is 17.2 Å². The Morgan fingerprint density at radius 3 is 2.29 bits per heavy atom. The second-order valence-electron chi connectivity index (χ2n) is 3.98. The number of primary amides is 1. The van der Waals surface area contributed by atoms with Gasteiger partial charge in [0, 0.05) is 0 Å². The second kappa shape index (κ2) is 8.83. The van der Waals surface area contributed by atoms with Gasteiger partial charge in [0.1, 0.15) is 11.4 Å². The van der Waals surface area contributed by atoms with Crippen molar-refractivity contribution in [3.63, 3.8) is 0 Å². The molecule has 0 aliphatic heterocycles. The molecule has 0 spiro atoms. The van der Waals surface area contributed by atoms with E-state index in [-0.39, 0.29) is 5.75 Å². The average Bonchev–Trinajstić information content (AvgIpc) is 2.33. The number of carbonyl (C=O) groups is 1. The molecule has 3 N–H and O–H groups in total. The molecule has 0 aromatic heterocycles. The van der Waals surface area contributed by atoms with Crippen LogP contribution in [0.1, 0.15) is 23.7 Å². The number of carbonyl (C=O) groups excluding carboxylic acids is 1. The molecule has 120 valence electrons. The third-order valence-electron chi connectivity index (χ3n) is 2.08. The first-order valence-electron chi connectivity index (χ1n) is 5.88. The third-order valence-corrected chi connectivity index (χ3v) is 3.55. The minimum absolute atomic E-state index is 0.213. The molecule has 0 atom stereocenters. The summed E-state index contributed by atoms with van der Waals surface area (Å²) in [6, 6.07) is 1.66. The lowest BCUT2D eigenvalue weighted by molar-refractivity contribution is 0.0992. The number of nitrogens with two attached hydrogens (primary N) is 1. The van der Waals surface area contributed by atoms with Gasteiger partial charge in [0.2, 0.25) is 10.0 Å². The van der Waals surface area contributed by atoms with Crippen LogP contribution in [-0.2, 0) is 10.0 Å². The summed E-state index contributed by atoms with van der Waals surface area (Å²) in [6.45, 7) is 1.63. The van der Waals surface area contributed by atoms with Gasteiger partial charge < -0.3 is 5.73 Å². The number of amides is 1. The second-order valence-corrected chi connectivity index (χ2v) is 6.64. The number of sulfonamides is 1. The maximum absolute atomic E-state index is 13.7.